The first-order chi connectivity index (χ1) is 9.38. The summed E-state index contributed by atoms with van der Waals surface area (Å²) in [4.78, 5) is 12.7. The molecule has 0 heterocycles. The number of rotatable bonds is 3. The van der Waals surface area contributed by atoms with Gasteiger partial charge in [0.25, 0.3) is 0 Å². The Bertz CT molecular complexity index is 692. The summed E-state index contributed by atoms with van der Waals surface area (Å²) in [5, 5.41) is 1.37. The molecule has 7 heteroatoms. The second-order valence-corrected chi connectivity index (χ2v) is 6.22. The van der Waals surface area contributed by atoms with Crippen LogP contribution in [0, 0.1) is 0 Å². The second-order valence-electron chi connectivity index (χ2n) is 3.92. The molecule has 0 spiro atoms. The molecular weight excluding hydrogens is 339 g/mol. The number of halogens is 3. The molecule has 20 heavy (non-hydrogen) atoms. The topological polar surface area (TPSA) is 69.1 Å². The molecule has 0 aliphatic carbocycles. The highest BCUT2D eigenvalue weighted by Crippen LogP contribution is 2.41. The number of nitrogen functional groups attached to an aromatic ring is 1. The van der Waals surface area contributed by atoms with Crippen LogP contribution in [0.15, 0.2) is 40.1 Å². The van der Waals surface area contributed by atoms with Gasteiger partial charge in [0, 0.05) is 20.5 Å². The minimum absolute atomic E-state index is 0.246. The largest absolute Gasteiger partial charge is 0.399 e. The smallest absolute Gasteiger partial charge is 0.249 e. The Kier molecular flexibility index (Phi) is 4.70. The van der Waals surface area contributed by atoms with E-state index in [0.29, 0.717) is 30.5 Å². The number of nitrogens with two attached hydrogens (primary N) is 2. The SMILES string of the molecule is NC(=O)c1cc(N)cc(Cl)c1Sc1cc(Cl)ccc1Cl. The fraction of sp³-hybridized carbons (Fsp3) is 0. The maximum Gasteiger partial charge on any atom is 0.249 e. The molecule has 0 bridgehead atoms. The van der Waals surface area contributed by atoms with Gasteiger partial charge in [0.1, 0.15) is 0 Å². The van der Waals surface area contributed by atoms with Gasteiger partial charge in [-0.2, -0.15) is 0 Å². The summed E-state index contributed by atoms with van der Waals surface area (Å²) in [6, 6.07) is 8.06. The van der Waals surface area contributed by atoms with E-state index in [-0.39, 0.29) is 5.56 Å². The monoisotopic (exact) mass is 346 g/mol. The highest BCUT2D eigenvalue weighted by Gasteiger charge is 2.16. The maximum atomic E-state index is 11.5. The van der Waals surface area contributed by atoms with Crippen LogP contribution in [0.4, 0.5) is 5.69 Å². The van der Waals surface area contributed by atoms with Crippen molar-refractivity contribution in [1.29, 1.82) is 0 Å². The van der Waals surface area contributed by atoms with Crippen molar-refractivity contribution in [2.45, 2.75) is 9.79 Å². The van der Waals surface area contributed by atoms with E-state index in [1.807, 2.05) is 0 Å². The third-order valence-electron chi connectivity index (χ3n) is 2.44. The van der Waals surface area contributed by atoms with Gasteiger partial charge in [-0.15, -0.1) is 0 Å². The van der Waals surface area contributed by atoms with Gasteiger partial charge < -0.3 is 11.5 Å². The maximum absolute atomic E-state index is 11.5. The summed E-state index contributed by atoms with van der Waals surface area (Å²) in [6.07, 6.45) is 0. The van der Waals surface area contributed by atoms with Crippen LogP contribution in [0.1, 0.15) is 10.4 Å². The molecule has 2 aromatic carbocycles. The lowest BCUT2D eigenvalue weighted by Crippen LogP contribution is -2.13. The van der Waals surface area contributed by atoms with Crippen LogP contribution in [-0.2, 0) is 0 Å². The van der Waals surface area contributed by atoms with E-state index < -0.39 is 5.91 Å². The molecule has 1 amide bonds. The molecule has 0 aliphatic heterocycles. The van der Waals surface area contributed by atoms with Crippen molar-refractivity contribution in [3.8, 4) is 0 Å². The van der Waals surface area contributed by atoms with Crippen molar-refractivity contribution in [2.75, 3.05) is 5.73 Å². The van der Waals surface area contributed by atoms with Crippen LogP contribution in [0.25, 0.3) is 0 Å². The summed E-state index contributed by atoms with van der Waals surface area (Å²) in [5.74, 6) is -0.611. The summed E-state index contributed by atoms with van der Waals surface area (Å²) in [7, 11) is 0. The zero-order chi connectivity index (χ0) is 14.9. The average molecular weight is 348 g/mol. The van der Waals surface area contributed by atoms with Gasteiger partial charge in [-0.25, -0.2) is 0 Å². The molecule has 0 radical (unpaired) electrons. The number of anilines is 1. The van der Waals surface area contributed by atoms with Gasteiger partial charge in [-0.1, -0.05) is 46.6 Å². The quantitative estimate of drug-likeness (QED) is 0.804. The van der Waals surface area contributed by atoms with E-state index in [1.54, 1.807) is 24.3 Å². The standard InChI is InChI=1S/C13H9Cl3N2OS/c14-6-1-2-9(15)11(3-6)20-12-8(13(18)19)4-7(17)5-10(12)16/h1-5H,17H2,(H2,18,19). The molecule has 0 atom stereocenters. The number of hydrogen-bond donors (Lipinski definition) is 2. The van der Waals surface area contributed by atoms with Crippen LogP contribution in [0.3, 0.4) is 0 Å². The Morgan fingerprint density at radius 2 is 1.75 bits per heavy atom. The summed E-state index contributed by atoms with van der Waals surface area (Å²) >= 11 is 19.4. The van der Waals surface area contributed by atoms with E-state index in [4.69, 9.17) is 46.3 Å². The molecule has 0 unspecified atom stereocenters. The molecule has 2 rings (SSSR count). The number of carbonyl (C=O) groups is 1. The van der Waals surface area contributed by atoms with Gasteiger partial charge in [-0.3, -0.25) is 4.79 Å². The minimum atomic E-state index is -0.611. The fourth-order valence-corrected chi connectivity index (χ4v) is 3.38. The van der Waals surface area contributed by atoms with Crippen molar-refractivity contribution >= 4 is 58.2 Å². The van der Waals surface area contributed by atoms with E-state index in [9.17, 15) is 4.79 Å². The van der Waals surface area contributed by atoms with Crippen molar-refractivity contribution in [1.82, 2.24) is 0 Å². The zero-order valence-corrected chi connectivity index (χ0v) is 13.1. The third kappa shape index (κ3) is 3.33. The summed E-state index contributed by atoms with van der Waals surface area (Å²) < 4.78 is 0. The van der Waals surface area contributed by atoms with Crippen molar-refractivity contribution in [3.63, 3.8) is 0 Å². The molecule has 0 saturated heterocycles. The first-order valence-electron chi connectivity index (χ1n) is 5.40. The van der Waals surface area contributed by atoms with Crippen LogP contribution in [0.5, 0.6) is 0 Å². The van der Waals surface area contributed by atoms with Gasteiger partial charge >= 0.3 is 0 Å². The normalized spacial score (nSPS) is 10.6. The van der Waals surface area contributed by atoms with Crippen molar-refractivity contribution < 1.29 is 4.79 Å². The molecule has 3 nitrogen and oxygen atoms in total. The molecule has 0 aromatic heterocycles. The number of benzene rings is 2. The van der Waals surface area contributed by atoms with Crippen LogP contribution < -0.4 is 11.5 Å². The molecule has 104 valence electrons. The number of hydrogen-bond acceptors (Lipinski definition) is 3. The van der Waals surface area contributed by atoms with Gasteiger partial charge in [-0.05, 0) is 30.3 Å². The Balaban J connectivity index is 2.53. The molecule has 0 aliphatic rings. The molecule has 0 fully saturated rings. The van der Waals surface area contributed by atoms with Crippen LogP contribution in [-0.4, -0.2) is 5.91 Å². The predicted octanol–water partition coefficient (Wildman–Crippen LogP) is 4.48. The summed E-state index contributed by atoms with van der Waals surface area (Å²) in [6.45, 7) is 0. The molecule has 2 aromatic rings. The molecular formula is C13H9Cl3N2OS. The third-order valence-corrected chi connectivity index (χ3v) is 4.73. The minimum Gasteiger partial charge on any atom is -0.399 e. The lowest BCUT2D eigenvalue weighted by atomic mass is 10.2. The van der Waals surface area contributed by atoms with Gasteiger partial charge in [0.05, 0.1) is 15.6 Å². The van der Waals surface area contributed by atoms with Gasteiger partial charge in [0.15, 0.2) is 0 Å². The van der Waals surface area contributed by atoms with E-state index >= 15 is 0 Å². The lowest BCUT2D eigenvalue weighted by Gasteiger charge is -2.11. The Hall–Kier alpha value is -1.07. The van der Waals surface area contributed by atoms with E-state index in [0.717, 1.165) is 0 Å². The second kappa shape index (κ2) is 6.14. The fourth-order valence-electron chi connectivity index (χ4n) is 1.57. The van der Waals surface area contributed by atoms with Crippen molar-refractivity contribution in [3.05, 3.63) is 51.0 Å². The predicted molar refractivity (Wildman–Crippen MR) is 85.0 cm³/mol. The average Bonchev–Trinajstić information content (AvgIpc) is 2.36. The van der Waals surface area contributed by atoms with Crippen molar-refractivity contribution in [2.24, 2.45) is 5.73 Å². The van der Waals surface area contributed by atoms with E-state index in [2.05, 4.69) is 0 Å². The number of carbonyl (C=O) groups excluding carboxylic acids is 1. The van der Waals surface area contributed by atoms with Crippen LogP contribution >= 0.6 is 46.6 Å². The summed E-state index contributed by atoms with van der Waals surface area (Å²) in [5.41, 5.74) is 11.6. The Labute approximate surface area is 135 Å². The highest BCUT2D eigenvalue weighted by atomic mass is 35.5. The van der Waals surface area contributed by atoms with Gasteiger partial charge in [0.2, 0.25) is 5.91 Å². The zero-order valence-electron chi connectivity index (χ0n) is 9.99. The lowest BCUT2D eigenvalue weighted by molar-refractivity contribution is 0.0997. The molecule has 4 N–H and O–H groups in total. The van der Waals surface area contributed by atoms with E-state index in [1.165, 1.54) is 17.8 Å². The Morgan fingerprint density at radius 1 is 1.05 bits per heavy atom. The highest BCUT2D eigenvalue weighted by molar-refractivity contribution is 7.99. The number of amides is 1. The molecule has 0 saturated carbocycles. The first kappa shape index (κ1) is 15.3. The van der Waals surface area contributed by atoms with Crippen LogP contribution in [0.2, 0.25) is 15.1 Å². The first-order valence-corrected chi connectivity index (χ1v) is 7.35. The Morgan fingerprint density at radius 3 is 2.40 bits per heavy atom. The number of primary amides is 1.